The number of carbonyl (C=O) groups excluding carboxylic acids is 1. The first-order valence-electron chi connectivity index (χ1n) is 9.34. The summed E-state index contributed by atoms with van der Waals surface area (Å²) in [6.45, 7) is 6.87. The molecule has 0 spiro atoms. The lowest BCUT2D eigenvalue weighted by Crippen LogP contribution is -2.48. The molecule has 3 rings (SSSR count). The van der Waals surface area contributed by atoms with Gasteiger partial charge in [0, 0.05) is 32.7 Å². The molecule has 1 fully saturated rings. The molecule has 0 saturated carbocycles. The Balaban J connectivity index is 1.39. The van der Waals surface area contributed by atoms with Crippen LogP contribution in [0.4, 0.5) is 0 Å². The Hall–Kier alpha value is -2.90. The van der Waals surface area contributed by atoms with Crippen molar-refractivity contribution >= 4 is 12.1 Å². The second-order valence-electron chi connectivity index (χ2n) is 7.08. The van der Waals surface area contributed by atoms with Gasteiger partial charge in [-0.05, 0) is 36.2 Å². The number of rotatable bonds is 6. The van der Waals surface area contributed by atoms with E-state index in [9.17, 15) is 15.0 Å². The number of hydrazone groups is 1. The number of nitrogens with zero attached hydrogens (tertiary/aromatic N) is 3. The highest BCUT2D eigenvalue weighted by Gasteiger charge is 2.18. The number of carbonyl (C=O) groups is 1. The summed E-state index contributed by atoms with van der Waals surface area (Å²) in [5.41, 5.74) is 5.66. The summed E-state index contributed by atoms with van der Waals surface area (Å²) in [4.78, 5) is 16.6. The highest BCUT2D eigenvalue weighted by Crippen LogP contribution is 2.23. The molecule has 3 N–H and O–H groups in total. The van der Waals surface area contributed by atoms with Gasteiger partial charge in [-0.15, -0.1) is 0 Å². The van der Waals surface area contributed by atoms with Crippen molar-refractivity contribution in [2.45, 2.75) is 13.5 Å². The van der Waals surface area contributed by atoms with Crippen LogP contribution < -0.4 is 5.43 Å². The van der Waals surface area contributed by atoms with Gasteiger partial charge in [0.25, 0.3) is 5.91 Å². The first-order valence-corrected chi connectivity index (χ1v) is 9.34. The highest BCUT2D eigenvalue weighted by atomic mass is 16.3. The normalized spacial score (nSPS) is 15.8. The molecular weight excluding hydrogens is 356 g/mol. The molecule has 1 amide bonds. The maximum Gasteiger partial charge on any atom is 0.254 e. The molecule has 0 aromatic heterocycles. The third-order valence-corrected chi connectivity index (χ3v) is 4.76. The minimum atomic E-state index is -0.223. The number of aryl methyl sites for hydroxylation is 1. The van der Waals surface area contributed by atoms with Gasteiger partial charge in [-0.1, -0.05) is 29.8 Å². The molecule has 7 heteroatoms. The Kier molecular flexibility index (Phi) is 6.62. The molecular formula is C21H26N4O3. The number of nitrogens with one attached hydrogen (secondary N) is 1. The van der Waals surface area contributed by atoms with E-state index in [2.05, 4.69) is 51.5 Å². The predicted octanol–water partition coefficient (Wildman–Crippen LogP) is 1.67. The van der Waals surface area contributed by atoms with Crippen LogP contribution in [0.15, 0.2) is 47.6 Å². The van der Waals surface area contributed by atoms with Gasteiger partial charge in [0.05, 0.1) is 12.8 Å². The quantitative estimate of drug-likeness (QED) is 0.402. The van der Waals surface area contributed by atoms with Gasteiger partial charge < -0.3 is 10.2 Å². The van der Waals surface area contributed by atoms with E-state index >= 15 is 0 Å². The Morgan fingerprint density at radius 2 is 1.71 bits per heavy atom. The molecule has 1 heterocycles. The molecule has 1 aliphatic rings. The fraction of sp³-hybridized carbons (Fsp3) is 0.333. The maximum atomic E-state index is 12.1. The molecule has 28 heavy (non-hydrogen) atoms. The largest absolute Gasteiger partial charge is 0.504 e. The SMILES string of the molecule is Cc1ccc(CN2CCN(CC(=O)NN=Cc3ccc(O)c(O)c3)CC2)cc1. The number of hydrogen-bond acceptors (Lipinski definition) is 6. The summed E-state index contributed by atoms with van der Waals surface area (Å²) >= 11 is 0. The summed E-state index contributed by atoms with van der Waals surface area (Å²) in [6.07, 6.45) is 1.43. The standard InChI is InChI=1S/C21H26N4O3/c1-16-2-4-17(5-3-16)14-24-8-10-25(11-9-24)15-21(28)23-22-13-18-6-7-19(26)20(27)12-18/h2-7,12-13,26-27H,8-11,14-15H2,1H3,(H,23,28). The van der Waals surface area contributed by atoms with Crippen LogP contribution in [0.1, 0.15) is 16.7 Å². The molecule has 1 aliphatic heterocycles. The van der Waals surface area contributed by atoms with E-state index in [1.54, 1.807) is 6.07 Å². The zero-order valence-electron chi connectivity index (χ0n) is 16.0. The lowest BCUT2D eigenvalue weighted by molar-refractivity contribution is -0.122. The van der Waals surface area contributed by atoms with E-state index in [1.807, 2.05) is 0 Å². The molecule has 2 aromatic rings. The molecule has 0 atom stereocenters. The smallest absolute Gasteiger partial charge is 0.254 e. The Morgan fingerprint density at radius 3 is 2.39 bits per heavy atom. The van der Waals surface area contributed by atoms with E-state index in [0.717, 1.165) is 32.7 Å². The Bertz CT molecular complexity index is 828. The third-order valence-electron chi connectivity index (χ3n) is 4.76. The zero-order chi connectivity index (χ0) is 19.9. The van der Waals surface area contributed by atoms with Crippen molar-refractivity contribution < 1.29 is 15.0 Å². The molecule has 0 unspecified atom stereocenters. The second kappa shape index (κ2) is 9.34. The summed E-state index contributed by atoms with van der Waals surface area (Å²) in [5, 5.41) is 22.6. The molecule has 0 radical (unpaired) electrons. The Morgan fingerprint density at radius 1 is 1.04 bits per heavy atom. The fourth-order valence-corrected chi connectivity index (χ4v) is 3.10. The average molecular weight is 382 g/mol. The van der Waals surface area contributed by atoms with E-state index < -0.39 is 0 Å². The lowest BCUT2D eigenvalue weighted by atomic mass is 10.1. The first-order chi connectivity index (χ1) is 13.5. The molecule has 2 aromatic carbocycles. The minimum absolute atomic E-state index is 0.175. The van der Waals surface area contributed by atoms with Gasteiger partial charge in [0.2, 0.25) is 0 Å². The minimum Gasteiger partial charge on any atom is -0.504 e. The van der Waals surface area contributed by atoms with Crippen molar-refractivity contribution in [1.29, 1.82) is 0 Å². The van der Waals surface area contributed by atoms with Crippen molar-refractivity contribution in [2.75, 3.05) is 32.7 Å². The molecule has 7 nitrogen and oxygen atoms in total. The van der Waals surface area contributed by atoms with E-state index in [-0.39, 0.29) is 17.4 Å². The highest BCUT2D eigenvalue weighted by molar-refractivity contribution is 5.83. The first kappa shape index (κ1) is 19.9. The topological polar surface area (TPSA) is 88.4 Å². The van der Waals surface area contributed by atoms with Gasteiger partial charge in [-0.3, -0.25) is 14.6 Å². The second-order valence-corrected chi connectivity index (χ2v) is 7.08. The van der Waals surface area contributed by atoms with Gasteiger partial charge in [-0.2, -0.15) is 5.10 Å². The van der Waals surface area contributed by atoms with Crippen LogP contribution in [0, 0.1) is 6.92 Å². The number of aromatic hydroxyl groups is 2. The summed E-state index contributed by atoms with van der Waals surface area (Å²) in [6, 6.07) is 12.9. The predicted molar refractivity (Wildman–Crippen MR) is 108 cm³/mol. The summed E-state index contributed by atoms with van der Waals surface area (Å²) < 4.78 is 0. The van der Waals surface area contributed by atoms with Gasteiger partial charge >= 0.3 is 0 Å². The van der Waals surface area contributed by atoms with Crippen molar-refractivity contribution in [2.24, 2.45) is 5.10 Å². The van der Waals surface area contributed by atoms with Crippen molar-refractivity contribution in [1.82, 2.24) is 15.2 Å². The molecule has 148 valence electrons. The van der Waals surface area contributed by atoms with Crippen LogP contribution in [0.3, 0.4) is 0 Å². The fourth-order valence-electron chi connectivity index (χ4n) is 3.10. The lowest BCUT2D eigenvalue weighted by Gasteiger charge is -2.34. The number of phenols is 2. The summed E-state index contributed by atoms with van der Waals surface area (Å²) in [7, 11) is 0. The van der Waals surface area contributed by atoms with Crippen molar-refractivity contribution in [3.05, 3.63) is 59.2 Å². The van der Waals surface area contributed by atoms with Gasteiger partial charge in [0.15, 0.2) is 11.5 Å². The van der Waals surface area contributed by atoms with Crippen LogP contribution in [-0.4, -0.2) is 64.9 Å². The zero-order valence-corrected chi connectivity index (χ0v) is 16.0. The van der Waals surface area contributed by atoms with Crippen LogP contribution in [0.2, 0.25) is 0 Å². The van der Waals surface area contributed by atoms with E-state index in [4.69, 9.17) is 0 Å². The van der Waals surface area contributed by atoms with Crippen molar-refractivity contribution in [3.63, 3.8) is 0 Å². The summed E-state index contributed by atoms with van der Waals surface area (Å²) in [5.74, 6) is -0.590. The molecule has 0 aliphatic carbocycles. The van der Waals surface area contributed by atoms with E-state index in [0.29, 0.717) is 12.1 Å². The molecule has 0 bridgehead atoms. The van der Waals surface area contributed by atoms with Gasteiger partial charge in [0.1, 0.15) is 0 Å². The number of phenolic OH excluding ortho intramolecular Hbond substituents is 2. The van der Waals surface area contributed by atoms with Crippen molar-refractivity contribution in [3.8, 4) is 11.5 Å². The monoisotopic (exact) mass is 382 g/mol. The maximum absolute atomic E-state index is 12.1. The Labute approximate surface area is 164 Å². The number of benzene rings is 2. The van der Waals surface area contributed by atoms with Gasteiger partial charge in [-0.25, -0.2) is 5.43 Å². The number of piperazine rings is 1. The third kappa shape index (κ3) is 5.80. The molecule has 1 saturated heterocycles. The van der Waals surface area contributed by atoms with E-state index in [1.165, 1.54) is 29.5 Å². The average Bonchev–Trinajstić information content (AvgIpc) is 2.68. The van der Waals surface area contributed by atoms with Crippen LogP contribution in [0.25, 0.3) is 0 Å². The van der Waals surface area contributed by atoms with Crippen LogP contribution in [-0.2, 0) is 11.3 Å². The van der Waals surface area contributed by atoms with Crippen LogP contribution >= 0.6 is 0 Å². The number of hydrogen-bond donors (Lipinski definition) is 3. The number of amides is 1. The van der Waals surface area contributed by atoms with Crippen LogP contribution in [0.5, 0.6) is 11.5 Å².